The van der Waals surface area contributed by atoms with Crippen LogP contribution >= 0.6 is 0 Å². The van der Waals surface area contributed by atoms with Crippen molar-refractivity contribution in [2.45, 2.75) is 82.7 Å². The summed E-state index contributed by atoms with van der Waals surface area (Å²) in [5.74, 6) is 0.978. The Balaban J connectivity index is 1.94. The second kappa shape index (κ2) is 6.38. The van der Waals surface area contributed by atoms with E-state index in [9.17, 15) is 0 Å². The molecule has 0 heterocycles. The molecular weight excluding hydrogens is 220 g/mol. The number of rotatable bonds is 5. The Bertz CT molecular complexity index is 237. The first-order valence-electron chi connectivity index (χ1n) is 8.15. The molecule has 0 radical (unpaired) electrons. The molecular formula is C16H32N2. The summed E-state index contributed by atoms with van der Waals surface area (Å²) in [6.45, 7) is 3.17. The lowest BCUT2D eigenvalue weighted by atomic mass is 9.73. The van der Waals surface area contributed by atoms with Crippen LogP contribution in [0.2, 0.25) is 0 Å². The molecule has 2 rings (SSSR count). The van der Waals surface area contributed by atoms with Crippen LogP contribution in [0.15, 0.2) is 0 Å². The third-order valence-electron chi connectivity index (χ3n) is 5.73. The summed E-state index contributed by atoms with van der Waals surface area (Å²) in [6, 6.07) is 0.816. The predicted octanol–water partition coefficient (Wildman–Crippen LogP) is 3.55. The van der Waals surface area contributed by atoms with Crippen molar-refractivity contribution >= 4 is 0 Å². The Morgan fingerprint density at radius 3 is 2.22 bits per heavy atom. The minimum absolute atomic E-state index is 0.333. The van der Waals surface area contributed by atoms with Crippen LogP contribution in [0, 0.1) is 5.92 Å². The molecule has 18 heavy (non-hydrogen) atoms. The molecule has 0 aromatic carbocycles. The molecule has 2 aliphatic carbocycles. The average molecular weight is 252 g/mol. The Hall–Kier alpha value is -0.0800. The summed E-state index contributed by atoms with van der Waals surface area (Å²) in [5.41, 5.74) is 6.52. The highest BCUT2D eigenvalue weighted by atomic mass is 15.2. The van der Waals surface area contributed by atoms with Crippen LogP contribution in [0.5, 0.6) is 0 Å². The fraction of sp³-hybridized carbons (Fsp3) is 1.00. The van der Waals surface area contributed by atoms with E-state index in [0.29, 0.717) is 5.54 Å². The van der Waals surface area contributed by atoms with Crippen molar-refractivity contribution in [3.63, 3.8) is 0 Å². The second-order valence-electron chi connectivity index (χ2n) is 6.71. The third kappa shape index (κ3) is 2.91. The molecule has 2 heteroatoms. The van der Waals surface area contributed by atoms with Gasteiger partial charge in [0.05, 0.1) is 0 Å². The zero-order chi connectivity index (χ0) is 13.0. The Labute approximate surface area is 113 Å². The predicted molar refractivity (Wildman–Crippen MR) is 78.7 cm³/mol. The molecule has 2 nitrogen and oxygen atoms in total. The van der Waals surface area contributed by atoms with Crippen molar-refractivity contribution in [3.8, 4) is 0 Å². The quantitative estimate of drug-likeness (QED) is 0.811. The molecule has 2 aliphatic rings. The van der Waals surface area contributed by atoms with Crippen molar-refractivity contribution in [2.24, 2.45) is 11.7 Å². The van der Waals surface area contributed by atoms with E-state index in [0.717, 1.165) is 18.5 Å². The van der Waals surface area contributed by atoms with Crippen molar-refractivity contribution in [3.05, 3.63) is 0 Å². The van der Waals surface area contributed by atoms with Gasteiger partial charge in [-0.3, -0.25) is 4.90 Å². The minimum atomic E-state index is 0.333. The van der Waals surface area contributed by atoms with Crippen LogP contribution in [-0.2, 0) is 0 Å². The van der Waals surface area contributed by atoms with Crippen molar-refractivity contribution < 1.29 is 0 Å². The fourth-order valence-corrected chi connectivity index (χ4v) is 4.29. The summed E-state index contributed by atoms with van der Waals surface area (Å²) in [5, 5.41) is 0. The van der Waals surface area contributed by atoms with Crippen LogP contribution in [0.25, 0.3) is 0 Å². The molecule has 0 bridgehead atoms. The maximum absolute atomic E-state index is 6.18. The van der Waals surface area contributed by atoms with Gasteiger partial charge in [0.1, 0.15) is 0 Å². The van der Waals surface area contributed by atoms with E-state index in [1.807, 2.05) is 0 Å². The lowest BCUT2D eigenvalue weighted by Gasteiger charge is -2.48. The SMILES string of the molecule is CCCC1CCC(CN)(N(C)C2CCCC2)CC1. The molecule has 0 aromatic heterocycles. The van der Waals surface area contributed by atoms with Gasteiger partial charge in [0.2, 0.25) is 0 Å². The number of hydrogen-bond acceptors (Lipinski definition) is 2. The van der Waals surface area contributed by atoms with Gasteiger partial charge in [-0.25, -0.2) is 0 Å². The smallest absolute Gasteiger partial charge is 0.0331 e. The van der Waals surface area contributed by atoms with Crippen molar-refractivity contribution in [2.75, 3.05) is 13.6 Å². The molecule has 0 unspecified atom stereocenters. The second-order valence-corrected chi connectivity index (χ2v) is 6.71. The highest BCUT2D eigenvalue weighted by Crippen LogP contribution is 2.40. The fourth-order valence-electron chi connectivity index (χ4n) is 4.29. The highest BCUT2D eigenvalue weighted by Gasteiger charge is 2.40. The lowest BCUT2D eigenvalue weighted by Crippen LogP contribution is -2.57. The van der Waals surface area contributed by atoms with Gasteiger partial charge in [0, 0.05) is 18.1 Å². The summed E-state index contributed by atoms with van der Waals surface area (Å²) in [4.78, 5) is 2.68. The summed E-state index contributed by atoms with van der Waals surface area (Å²) in [7, 11) is 2.35. The summed E-state index contributed by atoms with van der Waals surface area (Å²) >= 11 is 0. The number of nitrogens with two attached hydrogens (primary N) is 1. The molecule has 0 saturated heterocycles. The van der Waals surface area contributed by atoms with E-state index in [4.69, 9.17) is 5.73 Å². The van der Waals surface area contributed by atoms with Crippen LogP contribution < -0.4 is 5.73 Å². The first kappa shape index (κ1) is 14.3. The first-order chi connectivity index (χ1) is 8.72. The maximum Gasteiger partial charge on any atom is 0.0331 e. The number of nitrogens with zero attached hydrogens (tertiary/aromatic N) is 1. The minimum Gasteiger partial charge on any atom is -0.329 e. The van der Waals surface area contributed by atoms with Gasteiger partial charge in [0.25, 0.3) is 0 Å². The summed E-state index contributed by atoms with van der Waals surface area (Å²) in [6.07, 6.45) is 13.9. The van der Waals surface area contributed by atoms with Crippen molar-refractivity contribution in [1.29, 1.82) is 0 Å². The Kier molecular flexibility index (Phi) is 5.08. The van der Waals surface area contributed by atoms with Crippen LogP contribution in [-0.4, -0.2) is 30.1 Å². The molecule has 2 saturated carbocycles. The molecule has 2 fully saturated rings. The Morgan fingerprint density at radius 1 is 1.11 bits per heavy atom. The van der Waals surface area contributed by atoms with Gasteiger partial charge in [-0.05, 0) is 51.5 Å². The zero-order valence-corrected chi connectivity index (χ0v) is 12.5. The Morgan fingerprint density at radius 2 is 1.72 bits per heavy atom. The van der Waals surface area contributed by atoms with Gasteiger partial charge >= 0.3 is 0 Å². The van der Waals surface area contributed by atoms with Gasteiger partial charge in [-0.2, -0.15) is 0 Å². The standard InChI is InChI=1S/C16H32N2/c1-3-6-14-9-11-16(13-17,12-10-14)18(2)15-7-4-5-8-15/h14-15H,3-13,17H2,1-2H3. The molecule has 0 aliphatic heterocycles. The van der Waals surface area contributed by atoms with E-state index >= 15 is 0 Å². The van der Waals surface area contributed by atoms with Crippen molar-refractivity contribution in [1.82, 2.24) is 4.90 Å². The molecule has 0 atom stereocenters. The van der Waals surface area contributed by atoms with Gasteiger partial charge < -0.3 is 5.73 Å². The van der Waals surface area contributed by atoms with Gasteiger partial charge in [0.15, 0.2) is 0 Å². The van der Waals surface area contributed by atoms with E-state index < -0.39 is 0 Å². The molecule has 2 N–H and O–H groups in total. The highest BCUT2D eigenvalue weighted by molar-refractivity contribution is 4.97. The average Bonchev–Trinajstić information content (AvgIpc) is 2.93. The van der Waals surface area contributed by atoms with Gasteiger partial charge in [-0.1, -0.05) is 32.6 Å². The molecule has 0 amide bonds. The molecule has 106 valence electrons. The largest absolute Gasteiger partial charge is 0.329 e. The lowest BCUT2D eigenvalue weighted by molar-refractivity contribution is 0.0307. The van der Waals surface area contributed by atoms with Crippen LogP contribution in [0.1, 0.15) is 71.1 Å². The number of hydrogen-bond donors (Lipinski definition) is 1. The monoisotopic (exact) mass is 252 g/mol. The normalized spacial score (nSPS) is 34.3. The number of likely N-dealkylation sites (N-methyl/N-ethyl adjacent to an activating group) is 1. The van der Waals surface area contributed by atoms with E-state index in [1.165, 1.54) is 64.2 Å². The summed E-state index contributed by atoms with van der Waals surface area (Å²) < 4.78 is 0. The molecule has 0 spiro atoms. The first-order valence-corrected chi connectivity index (χ1v) is 8.15. The van der Waals surface area contributed by atoms with E-state index in [2.05, 4.69) is 18.9 Å². The maximum atomic E-state index is 6.18. The van der Waals surface area contributed by atoms with E-state index in [1.54, 1.807) is 0 Å². The van der Waals surface area contributed by atoms with Gasteiger partial charge in [-0.15, -0.1) is 0 Å². The van der Waals surface area contributed by atoms with Crippen LogP contribution in [0.3, 0.4) is 0 Å². The zero-order valence-electron chi connectivity index (χ0n) is 12.5. The topological polar surface area (TPSA) is 29.3 Å². The molecule has 0 aromatic rings. The van der Waals surface area contributed by atoms with E-state index in [-0.39, 0.29) is 0 Å². The van der Waals surface area contributed by atoms with Crippen LogP contribution in [0.4, 0.5) is 0 Å². The third-order valence-corrected chi connectivity index (χ3v) is 5.73.